The van der Waals surface area contributed by atoms with E-state index in [9.17, 15) is 4.39 Å². The second-order valence-corrected chi connectivity index (χ2v) is 5.59. The highest BCUT2D eigenvalue weighted by Crippen LogP contribution is 2.18. The van der Waals surface area contributed by atoms with E-state index in [1.165, 1.54) is 25.7 Å². The molecule has 0 fully saturated rings. The largest absolute Gasteiger partial charge is 0.302 e. The van der Waals surface area contributed by atoms with Crippen LogP contribution in [-0.4, -0.2) is 19.4 Å². The van der Waals surface area contributed by atoms with Crippen LogP contribution in [0.2, 0.25) is 0 Å². The van der Waals surface area contributed by atoms with Gasteiger partial charge in [0.1, 0.15) is 0 Å². The minimum atomic E-state index is -1.18. The monoisotopic (exact) mass is 254 g/mol. The van der Waals surface area contributed by atoms with Gasteiger partial charge in [0.25, 0.3) is 5.79 Å². The molecule has 0 aromatic carbocycles. The van der Waals surface area contributed by atoms with Gasteiger partial charge >= 0.3 is 0 Å². The number of hydrogen-bond acceptors (Lipinski definition) is 0. The van der Waals surface area contributed by atoms with Crippen molar-refractivity contribution in [1.29, 1.82) is 0 Å². The summed E-state index contributed by atoms with van der Waals surface area (Å²) in [5, 5.41) is 0. The molecule has 0 aromatic heterocycles. The lowest BCUT2D eigenvalue weighted by atomic mass is 9.95. The molecule has 18 heavy (non-hydrogen) atoms. The van der Waals surface area contributed by atoms with Crippen molar-refractivity contribution in [3.05, 3.63) is 24.3 Å². The maximum Gasteiger partial charge on any atom is 0.263 e. The standard InChI is InChI=1S/C16H28FN/c1-4-6-10-15(5-2)11-14-18(3)16(17)12-8-7-9-13-16/h7-9,12,15H,4-6,10-11,13-14H2,1-3H3/p+1. The molecular weight excluding hydrogens is 225 g/mol. The van der Waals surface area contributed by atoms with Crippen molar-refractivity contribution in [2.75, 3.05) is 13.6 Å². The third-order valence-corrected chi connectivity index (χ3v) is 4.20. The number of likely N-dealkylation sites (N-methyl/N-ethyl adjacent to an activating group) is 1. The topological polar surface area (TPSA) is 4.44 Å². The average Bonchev–Trinajstić information content (AvgIpc) is 2.39. The van der Waals surface area contributed by atoms with Crippen molar-refractivity contribution in [3.63, 3.8) is 0 Å². The molecular formula is C16H29FN+. The fourth-order valence-electron chi connectivity index (χ4n) is 2.58. The molecule has 0 amide bonds. The van der Waals surface area contributed by atoms with Gasteiger partial charge in [0, 0.05) is 6.08 Å². The van der Waals surface area contributed by atoms with Crippen LogP contribution >= 0.6 is 0 Å². The SMILES string of the molecule is CCCCC(CC)CC[NH+](C)C1(F)C=CC=CC1. The van der Waals surface area contributed by atoms with E-state index in [2.05, 4.69) is 13.8 Å². The number of allylic oxidation sites excluding steroid dienone is 2. The predicted octanol–water partition coefficient (Wildman–Crippen LogP) is 3.29. The summed E-state index contributed by atoms with van der Waals surface area (Å²) in [7, 11) is 1.98. The van der Waals surface area contributed by atoms with Gasteiger partial charge in [-0.05, 0) is 12.3 Å². The van der Waals surface area contributed by atoms with Gasteiger partial charge in [-0.1, -0.05) is 57.8 Å². The van der Waals surface area contributed by atoms with Gasteiger partial charge < -0.3 is 4.90 Å². The molecule has 0 heterocycles. The summed E-state index contributed by atoms with van der Waals surface area (Å²) in [5.41, 5.74) is 0. The fraction of sp³-hybridized carbons (Fsp3) is 0.750. The number of rotatable bonds is 8. The van der Waals surface area contributed by atoms with E-state index in [-0.39, 0.29) is 0 Å². The van der Waals surface area contributed by atoms with Crippen molar-refractivity contribution in [2.24, 2.45) is 5.92 Å². The molecule has 0 bridgehead atoms. The number of unbranched alkanes of at least 4 members (excludes halogenated alkanes) is 1. The molecule has 104 valence electrons. The summed E-state index contributed by atoms with van der Waals surface area (Å²) < 4.78 is 14.6. The molecule has 0 aliphatic heterocycles. The van der Waals surface area contributed by atoms with Crippen molar-refractivity contribution in [2.45, 2.75) is 58.2 Å². The molecule has 1 aliphatic rings. The van der Waals surface area contributed by atoms with E-state index in [4.69, 9.17) is 0 Å². The zero-order valence-corrected chi connectivity index (χ0v) is 12.2. The molecule has 3 unspecified atom stereocenters. The Hall–Kier alpha value is -0.630. The number of halogens is 1. The number of nitrogens with one attached hydrogen (secondary N) is 1. The molecule has 1 N–H and O–H groups in total. The van der Waals surface area contributed by atoms with Crippen LogP contribution in [-0.2, 0) is 0 Å². The molecule has 0 aromatic rings. The fourth-order valence-corrected chi connectivity index (χ4v) is 2.58. The first-order valence-corrected chi connectivity index (χ1v) is 7.48. The number of hydrogen-bond donors (Lipinski definition) is 1. The van der Waals surface area contributed by atoms with Crippen LogP contribution in [0.25, 0.3) is 0 Å². The van der Waals surface area contributed by atoms with E-state index in [1.807, 2.05) is 25.3 Å². The molecule has 2 heteroatoms. The van der Waals surface area contributed by atoms with Crippen LogP contribution in [0.1, 0.15) is 52.4 Å². The first-order valence-electron chi connectivity index (χ1n) is 7.48. The summed E-state index contributed by atoms with van der Waals surface area (Å²) in [5.74, 6) is -0.413. The van der Waals surface area contributed by atoms with E-state index in [0.29, 0.717) is 6.42 Å². The van der Waals surface area contributed by atoms with Crippen molar-refractivity contribution >= 4 is 0 Å². The third-order valence-electron chi connectivity index (χ3n) is 4.20. The third kappa shape index (κ3) is 4.56. The van der Waals surface area contributed by atoms with Crippen LogP contribution < -0.4 is 4.90 Å². The quantitative estimate of drug-likeness (QED) is 0.634. The summed E-state index contributed by atoms with van der Waals surface area (Å²) in [4.78, 5) is 0.998. The van der Waals surface area contributed by atoms with Gasteiger partial charge in [-0.3, -0.25) is 0 Å². The van der Waals surface area contributed by atoms with E-state index in [0.717, 1.165) is 23.8 Å². The molecule has 1 rings (SSSR count). The second-order valence-electron chi connectivity index (χ2n) is 5.59. The summed E-state index contributed by atoms with van der Waals surface area (Å²) in [6.45, 7) is 5.42. The van der Waals surface area contributed by atoms with Crippen LogP contribution in [0.15, 0.2) is 24.3 Å². The van der Waals surface area contributed by atoms with Gasteiger partial charge in [0.2, 0.25) is 0 Å². The first-order chi connectivity index (χ1) is 8.62. The minimum Gasteiger partial charge on any atom is -0.302 e. The van der Waals surface area contributed by atoms with Crippen LogP contribution in [0.5, 0.6) is 0 Å². The molecule has 0 radical (unpaired) electrons. The van der Waals surface area contributed by atoms with E-state index in [1.54, 1.807) is 6.08 Å². The minimum absolute atomic E-state index is 0.515. The Kier molecular flexibility index (Phi) is 6.62. The van der Waals surface area contributed by atoms with Crippen LogP contribution in [0.4, 0.5) is 4.39 Å². The van der Waals surface area contributed by atoms with Crippen LogP contribution in [0.3, 0.4) is 0 Å². The van der Waals surface area contributed by atoms with Gasteiger partial charge in [-0.25, -0.2) is 0 Å². The summed E-state index contributed by atoms with van der Waals surface area (Å²) in [6.07, 6.45) is 14.2. The Balaban J connectivity index is 2.37. The van der Waals surface area contributed by atoms with Crippen molar-refractivity contribution in [1.82, 2.24) is 0 Å². The average molecular weight is 254 g/mol. The Morgan fingerprint density at radius 3 is 2.61 bits per heavy atom. The van der Waals surface area contributed by atoms with Crippen LogP contribution in [0, 0.1) is 5.92 Å². The Labute approximate surface area is 112 Å². The molecule has 0 saturated heterocycles. The highest BCUT2D eigenvalue weighted by molar-refractivity contribution is 5.14. The second kappa shape index (κ2) is 7.73. The van der Waals surface area contributed by atoms with Gasteiger partial charge in [0.05, 0.1) is 20.0 Å². The van der Waals surface area contributed by atoms with Gasteiger partial charge in [0.15, 0.2) is 0 Å². The molecule has 1 nitrogen and oxygen atoms in total. The Morgan fingerprint density at radius 2 is 2.06 bits per heavy atom. The summed E-state index contributed by atoms with van der Waals surface area (Å²) >= 11 is 0. The smallest absolute Gasteiger partial charge is 0.263 e. The lowest BCUT2D eigenvalue weighted by Gasteiger charge is -2.30. The Morgan fingerprint density at radius 1 is 1.28 bits per heavy atom. The molecule has 0 saturated carbocycles. The first kappa shape index (κ1) is 15.4. The highest BCUT2D eigenvalue weighted by atomic mass is 19.1. The highest BCUT2D eigenvalue weighted by Gasteiger charge is 2.35. The van der Waals surface area contributed by atoms with Gasteiger partial charge in [-0.15, -0.1) is 0 Å². The van der Waals surface area contributed by atoms with E-state index < -0.39 is 5.79 Å². The number of alkyl halides is 1. The normalized spacial score (nSPS) is 26.2. The number of quaternary nitrogens is 1. The van der Waals surface area contributed by atoms with Gasteiger partial charge in [-0.2, -0.15) is 4.39 Å². The Bertz CT molecular complexity index is 285. The molecule has 0 spiro atoms. The lowest BCUT2D eigenvalue weighted by Crippen LogP contribution is -3.16. The van der Waals surface area contributed by atoms with Crippen molar-refractivity contribution < 1.29 is 9.29 Å². The zero-order valence-electron chi connectivity index (χ0n) is 12.2. The molecule has 3 atom stereocenters. The summed E-state index contributed by atoms with van der Waals surface area (Å²) in [6, 6.07) is 0. The lowest BCUT2D eigenvalue weighted by molar-refractivity contribution is -0.944. The van der Waals surface area contributed by atoms with E-state index >= 15 is 0 Å². The maximum atomic E-state index is 14.6. The predicted molar refractivity (Wildman–Crippen MR) is 76.4 cm³/mol. The zero-order chi connectivity index (χ0) is 13.4. The molecule has 1 aliphatic carbocycles. The maximum absolute atomic E-state index is 14.6. The van der Waals surface area contributed by atoms with Crippen molar-refractivity contribution in [3.8, 4) is 0 Å².